The molecule has 0 radical (unpaired) electrons. The smallest absolute Gasteiger partial charge is 0.278 e. The van der Waals surface area contributed by atoms with E-state index in [-0.39, 0.29) is 5.56 Å². The molecule has 3 aromatic carbocycles. The van der Waals surface area contributed by atoms with Gasteiger partial charge in [-0.1, -0.05) is 60.1 Å². The number of nitrogens with zero attached hydrogens (tertiary/aromatic N) is 3. The van der Waals surface area contributed by atoms with E-state index in [2.05, 4.69) is 4.98 Å². The summed E-state index contributed by atoms with van der Waals surface area (Å²) in [5, 5.41) is 1.63. The number of rotatable bonds is 5. The van der Waals surface area contributed by atoms with E-state index in [1.165, 1.54) is 0 Å². The minimum Gasteiger partial charge on any atom is -0.497 e. The Labute approximate surface area is 184 Å². The van der Waals surface area contributed by atoms with Crippen LogP contribution in [0.5, 0.6) is 5.75 Å². The van der Waals surface area contributed by atoms with E-state index in [0.717, 1.165) is 27.8 Å². The van der Waals surface area contributed by atoms with Crippen molar-refractivity contribution >= 4 is 33.5 Å². The number of methoxy groups -OCH3 is 1. The molecule has 0 aliphatic heterocycles. The summed E-state index contributed by atoms with van der Waals surface area (Å²) in [5.41, 5.74) is 4.07. The normalized spacial score (nSPS) is 11.3. The van der Waals surface area contributed by atoms with E-state index in [1.54, 1.807) is 18.0 Å². The van der Waals surface area contributed by atoms with Crippen LogP contribution in [-0.2, 0) is 13.1 Å². The standard InChI is InChI=1S/C25H20ClN3O2/c1-31-19-9-6-7-17(13-19)14-28-16-27-23-20-10-3-5-12-22(20)29(24(23)25(28)30)15-18-8-2-4-11-21(18)26/h2-13,16H,14-15H2,1H3. The Bertz CT molecular complexity index is 1470. The van der Waals surface area contributed by atoms with Crippen molar-refractivity contribution in [3.05, 3.63) is 106 Å². The van der Waals surface area contributed by atoms with Crippen LogP contribution in [0.4, 0.5) is 0 Å². The molecule has 0 unspecified atom stereocenters. The Morgan fingerprint density at radius 3 is 2.61 bits per heavy atom. The van der Waals surface area contributed by atoms with Gasteiger partial charge in [0.15, 0.2) is 0 Å². The number of halogens is 1. The Hall–Kier alpha value is -3.57. The van der Waals surface area contributed by atoms with Gasteiger partial charge in [-0.15, -0.1) is 0 Å². The Morgan fingerprint density at radius 1 is 0.968 bits per heavy atom. The highest BCUT2D eigenvalue weighted by Gasteiger charge is 2.17. The van der Waals surface area contributed by atoms with E-state index >= 15 is 0 Å². The van der Waals surface area contributed by atoms with Crippen LogP contribution >= 0.6 is 11.6 Å². The Kier molecular flexibility index (Phi) is 4.96. The number of para-hydroxylation sites is 1. The first-order chi connectivity index (χ1) is 15.2. The third kappa shape index (κ3) is 3.47. The molecule has 154 valence electrons. The fourth-order valence-electron chi connectivity index (χ4n) is 3.99. The molecule has 0 saturated carbocycles. The maximum Gasteiger partial charge on any atom is 0.278 e. The zero-order chi connectivity index (χ0) is 21.4. The maximum atomic E-state index is 13.6. The van der Waals surface area contributed by atoms with Gasteiger partial charge in [-0.05, 0) is 35.4 Å². The van der Waals surface area contributed by atoms with Crippen molar-refractivity contribution in [2.24, 2.45) is 0 Å². The molecule has 5 nitrogen and oxygen atoms in total. The molecule has 0 fully saturated rings. The summed E-state index contributed by atoms with van der Waals surface area (Å²) in [5.74, 6) is 0.757. The minimum absolute atomic E-state index is 0.0870. The van der Waals surface area contributed by atoms with Crippen molar-refractivity contribution < 1.29 is 4.74 Å². The molecule has 0 spiro atoms. The Morgan fingerprint density at radius 2 is 1.77 bits per heavy atom. The molecule has 0 bridgehead atoms. The summed E-state index contributed by atoms with van der Waals surface area (Å²) >= 11 is 6.43. The van der Waals surface area contributed by atoms with E-state index in [1.807, 2.05) is 77.4 Å². The van der Waals surface area contributed by atoms with Crippen LogP contribution in [0.2, 0.25) is 5.02 Å². The van der Waals surface area contributed by atoms with Gasteiger partial charge in [0.05, 0.1) is 25.5 Å². The maximum absolute atomic E-state index is 13.6. The Balaban J connectivity index is 1.70. The first-order valence-corrected chi connectivity index (χ1v) is 10.4. The second-order valence-electron chi connectivity index (χ2n) is 7.42. The molecular weight excluding hydrogens is 410 g/mol. The van der Waals surface area contributed by atoms with Crippen LogP contribution in [0.1, 0.15) is 11.1 Å². The van der Waals surface area contributed by atoms with Gasteiger partial charge in [0.1, 0.15) is 16.8 Å². The van der Waals surface area contributed by atoms with Crippen LogP contribution in [0, 0.1) is 0 Å². The fourth-order valence-corrected chi connectivity index (χ4v) is 4.19. The first kappa shape index (κ1) is 19.4. The summed E-state index contributed by atoms with van der Waals surface area (Å²) in [4.78, 5) is 18.3. The van der Waals surface area contributed by atoms with Crippen LogP contribution in [-0.4, -0.2) is 21.2 Å². The molecule has 6 heteroatoms. The topological polar surface area (TPSA) is 49.0 Å². The lowest BCUT2D eigenvalue weighted by molar-refractivity contribution is 0.414. The molecule has 2 heterocycles. The van der Waals surface area contributed by atoms with E-state index < -0.39 is 0 Å². The van der Waals surface area contributed by atoms with E-state index in [0.29, 0.717) is 29.1 Å². The highest BCUT2D eigenvalue weighted by Crippen LogP contribution is 2.27. The van der Waals surface area contributed by atoms with Gasteiger partial charge in [0.2, 0.25) is 0 Å². The van der Waals surface area contributed by atoms with Gasteiger partial charge in [-0.25, -0.2) is 4.98 Å². The summed E-state index contributed by atoms with van der Waals surface area (Å²) in [6, 6.07) is 23.3. The zero-order valence-corrected chi connectivity index (χ0v) is 17.7. The molecule has 0 saturated heterocycles. The van der Waals surface area contributed by atoms with Crippen molar-refractivity contribution in [3.8, 4) is 5.75 Å². The summed E-state index contributed by atoms with van der Waals surface area (Å²) < 4.78 is 8.97. The number of ether oxygens (including phenoxy) is 1. The van der Waals surface area contributed by atoms with E-state index in [4.69, 9.17) is 16.3 Å². The fraction of sp³-hybridized carbons (Fsp3) is 0.120. The lowest BCUT2D eigenvalue weighted by atomic mass is 10.2. The summed E-state index contributed by atoms with van der Waals surface area (Å²) in [6.07, 6.45) is 1.62. The first-order valence-electron chi connectivity index (χ1n) is 9.98. The second kappa shape index (κ2) is 7.93. The highest BCUT2D eigenvalue weighted by atomic mass is 35.5. The average molecular weight is 430 g/mol. The summed E-state index contributed by atoms with van der Waals surface area (Å²) in [6.45, 7) is 0.899. The molecule has 5 aromatic rings. The van der Waals surface area contributed by atoms with Gasteiger partial charge >= 0.3 is 0 Å². The predicted molar refractivity (Wildman–Crippen MR) is 124 cm³/mol. The van der Waals surface area contributed by atoms with Crippen LogP contribution < -0.4 is 10.3 Å². The number of fused-ring (bicyclic) bond motifs is 3. The SMILES string of the molecule is COc1cccc(Cn2cnc3c4ccccc4n(Cc4ccccc4Cl)c3c2=O)c1. The molecule has 0 aliphatic carbocycles. The number of hydrogen-bond donors (Lipinski definition) is 0. The van der Waals surface area contributed by atoms with Gasteiger partial charge < -0.3 is 9.30 Å². The largest absolute Gasteiger partial charge is 0.497 e. The van der Waals surface area contributed by atoms with Crippen LogP contribution in [0.25, 0.3) is 21.9 Å². The monoisotopic (exact) mass is 429 g/mol. The van der Waals surface area contributed by atoms with Crippen molar-refractivity contribution in [2.45, 2.75) is 13.1 Å². The molecule has 0 amide bonds. The average Bonchev–Trinajstić information content (AvgIpc) is 3.12. The van der Waals surface area contributed by atoms with Gasteiger partial charge in [0.25, 0.3) is 5.56 Å². The molecule has 0 aliphatic rings. The molecule has 0 N–H and O–H groups in total. The quantitative estimate of drug-likeness (QED) is 0.390. The zero-order valence-electron chi connectivity index (χ0n) is 17.0. The predicted octanol–water partition coefficient (Wildman–Crippen LogP) is 5.11. The van der Waals surface area contributed by atoms with Gasteiger partial charge in [-0.2, -0.15) is 0 Å². The van der Waals surface area contributed by atoms with Crippen LogP contribution in [0.15, 0.2) is 83.9 Å². The van der Waals surface area contributed by atoms with Crippen molar-refractivity contribution in [2.75, 3.05) is 7.11 Å². The van der Waals surface area contributed by atoms with Gasteiger partial charge in [-0.3, -0.25) is 9.36 Å². The molecule has 5 rings (SSSR count). The van der Waals surface area contributed by atoms with Crippen LogP contribution in [0.3, 0.4) is 0 Å². The number of benzene rings is 3. The minimum atomic E-state index is -0.0870. The number of aromatic nitrogens is 3. The van der Waals surface area contributed by atoms with Gasteiger partial charge in [0, 0.05) is 17.0 Å². The van der Waals surface area contributed by atoms with Crippen molar-refractivity contribution in [1.29, 1.82) is 0 Å². The molecular formula is C25H20ClN3O2. The molecule has 31 heavy (non-hydrogen) atoms. The molecule has 0 atom stereocenters. The lowest BCUT2D eigenvalue weighted by Gasteiger charge is -2.11. The van der Waals surface area contributed by atoms with Crippen molar-refractivity contribution in [1.82, 2.24) is 14.1 Å². The number of hydrogen-bond acceptors (Lipinski definition) is 3. The third-order valence-electron chi connectivity index (χ3n) is 5.51. The third-order valence-corrected chi connectivity index (χ3v) is 5.88. The van der Waals surface area contributed by atoms with E-state index in [9.17, 15) is 4.79 Å². The second-order valence-corrected chi connectivity index (χ2v) is 7.83. The summed E-state index contributed by atoms with van der Waals surface area (Å²) in [7, 11) is 1.63. The lowest BCUT2D eigenvalue weighted by Crippen LogP contribution is -2.23. The van der Waals surface area contributed by atoms with Crippen molar-refractivity contribution in [3.63, 3.8) is 0 Å². The highest BCUT2D eigenvalue weighted by molar-refractivity contribution is 6.31. The molecule has 2 aromatic heterocycles.